The summed E-state index contributed by atoms with van der Waals surface area (Å²) in [5.41, 5.74) is 2.20. The summed E-state index contributed by atoms with van der Waals surface area (Å²) in [6.07, 6.45) is 1.00. The summed E-state index contributed by atoms with van der Waals surface area (Å²) in [6, 6.07) is 10.1. The van der Waals surface area contributed by atoms with Crippen LogP contribution < -0.4 is 4.74 Å². The molecule has 0 bridgehead atoms. The molecule has 0 radical (unpaired) electrons. The average Bonchev–Trinajstić information content (AvgIpc) is 2.90. The standard InChI is InChI=1S/C16H16O2S/c1-2-13-5-3-7-15(11-13)18-12-16-14(6-4-9-17)8-10-19-16/h3,5,7-8,10-11,17H,2,9,12H2,1H3. The molecule has 0 aliphatic carbocycles. The minimum Gasteiger partial charge on any atom is -0.488 e. The lowest BCUT2D eigenvalue weighted by Crippen LogP contribution is -1.95. The van der Waals surface area contributed by atoms with Crippen molar-refractivity contribution in [1.82, 2.24) is 0 Å². The summed E-state index contributed by atoms with van der Waals surface area (Å²) in [6.45, 7) is 2.52. The van der Waals surface area contributed by atoms with E-state index >= 15 is 0 Å². The number of thiophene rings is 1. The number of rotatable bonds is 4. The Morgan fingerprint density at radius 2 is 2.21 bits per heavy atom. The highest BCUT2D eigenvalue weighted by Gasteiger charge is 2.03. The van der Waals surface area contributed by atoms with Gasteiger partial charge in [0.1, 0.15) is 19.0 Å². The van der Waals surface area contributed by atoms with Gasteiger partial charge in [0.2, 0.25) is 0 Å². The molecule has 3 heteroatoms. The molecule has 0 atom stereocenters. The van der Waals surface area contributed by atoms with Crippen molar-refractivity contribution in [3.05, 3.63) is 51.7 Å². The van der Waals surface area contributed by atoms with Gasteiger partial charge in [0.25, 0.3) is 0 Å². The summed E-state index contributed by atoms with van der Waals surface area (Å²) in [5.74, 6) is 6.48. The Hall–Kier alpha value is -1.76. The van der Waals surface area contributed by atoms with Gasteiger partial charge in [-0.15, -0.1) is 11.3 Å². The number of ether oxygens (including phenoxy) is 1. The van der Waals surface area contributed by atoms with Crippen molar-refractivity contribution < 1.29 is 9.84 Å². The van der Waals surface area contributed by atoms with Gasteiger partial charge >= 0.3 is 0 Å². The van der Waals surface area contributed by atoms with Gasteiger partial charge in [-0.25, -0.2) is 0 Å². The van der Waals surface area contributed by atoms with Crippen LogP contribution in [0, 0.1) is 11.8 Å². The zero-order valence-corrected chi connectivity index (χ0v) is 11.7. The maximum Gasteiger partial charge on any atom is 0.124 e. The molecule has 2 rings (SSSR count). The molecule has 0 saturated carbocycles. The molecule has 0 spiro atoms. The highest BCUT2D eigenvalue weighted by Crippen LogP contribution is 2.20. The van der Waals surface area contributed by atoms with Crippen molar-refractivity contribution in [3.8, 4) is 17.6 Å². The van der Waals surface area contributed by atoms with Crippen LogP contribution in [0.3, 0.4) is 0 Å². The van der Waals surface area contributed by atoms with Crippen LogP contribution in [0.25, 0.3) is 0 Å². The predicted octanol–water partition coefficient (Wildman–Crippen LogP) is 3.23. The quantitative estimate of drug-likeness (QED) is 0.866. The van der Waals surface area contributed by atoms with Crippen molar-refractivity contribution in [2.45, 2.75) is 20.0 Å². The summed E-state index contributed by atoms with van der Waals surface area (Å²) in [5, 5.41) is 10.7. The first-order valence-electron chi connectivity index (χ1n) is 6.21. The molecule has 19 heavy (non-hydrogen) atoms. The molecule has 1 N–H and O–H groups in total. The predicted molar refractivity (Wildman–Crippen MR) is 78.4 cm³/mol. The van der Waals surface area contributed by atoms with Gasteiger partial charge in [0.05, 0.1) is 4.88 Å². The second kappa shape index (κ2) is 6.98. The summed E-state index contributed by atoms with van der Waals surface area (Å²) in [7, 11) is 0. The minimum atomic E-state index is -0.116. The van der Waals surface area contributed by atoms with Gasteiger partial charge < -0.3 is 9.84 Å². The maximum absolute atomic E-state index is 8.72. The lowest BCUT2D eigenvalue weighted by Gasteiger charge is -2.06. The van der Waals surface area contributed by atoms with E-state index in [4.69, 9.17) is 9.84 Å². The third-order valence-electron chi connectivity index (χ3n) is 2.72. The molecule has 0 fully saturated rings. The number of benzene rings is 1. The first-order chi connectivity index (χ1) is 9.33. The van der Waals surface area contributed by atoms with Crippen molar-refractivity contribution >= 4 is 11.3 Å². The third-order valence-corrected chi connectivity index (χ3v) is 3.62. The minimum absolute atomic E-state index is 0.116. The molecule has 0 aliphatic rings. The second-order valence-corrected chi connectivity index (χ2v) is 5.01. The zero-order chi connectivity index (χ0) is 13.5. The number of hydrogen-bond donors (Lipinski definition) is 1. The smallest absolute Gasteiger partial charge is 0.124 e. The fourth-order valence-corrected chi connectivity index (χ4v) is 2.44. The monoisotopic (exact) mass is 272 g/mol. The van der Waals surface area contributed by atoms with Crippen LogP contribution in [0.15, 0.2) is 35.7 Å². The second-order valence-electron chi connectivity index (χ2n) is 4.01. The van der Waals surface area contributed by atoms with E-state index in [2.05, 4.69) is 30.9 Å². The van der Waals surface area contributed by atoms with Crippen LogP contribution in [0.4, 0.5) is 0 Å². The number of aryl methyl sites for hydroxylation is 1. The van der Waals surface area contributed by atoms with Gasteiger partial charge in [-0.05, 0) is 35.6 Å². The van der Waals surface area contributed by atoms with E-state index in [1.165, 1.54) is 5.56 Å². The van der Waals surface area contributed by atoms with Gasteiger partial charge in [-0.3, -0.25) is 0 Å². The molecule has 0 unspecified atom stereocenters. The molecule has 0 aliphatic heterocycles. The molecular formula is C16H16O2S. The fraction of sp³-hybridized carbons (Fsp3) is 0.250. The molecule has 1 aromatic carbocycles. The molecule has 0 saturated heterocycles. The van der Waals surface area contributed by atoms with Crippen LogP contribution in [-0.2, 0) is 13.0 Å². The highest BCUT2D eigenvalue weighted by molar-refractivity contribution is 7.10. The molecule has 98 valence electrons. The maximum atomic E-state index is 8.72. The summed E-state index contributed by atoms with van der Waals surface area (Å²) in [4.78, 5) is 1.09. The largest absolute Gasteiger partial charge is 0.488 e. The van der Waals surface area contributed by atoms with E-state index < -0.39 is 0 Å². The van der Waals surface area contributed by atoms with E-state index in [9.17, 15) is 0 Å². The zero-order valence-electron chi connectivity index (χ0n) is 10.8. The number of aliphatic hydroxyl groups excluding tert-OH is 1. The SMILES string of the molecule is CCc1cccc(OCc2sccc2C#CCO)c1. The first kappa shape index (κ1) is 13.7. The van der Waals surface area contributed by atoms with Gasteiger partial charge in [-0.1, -0.05) is 30.9 Å². The van der Waals surface area contributed by atoms with Crippen LogP contribution in [0.2, 0.25) is 0 Å². The molecule has 1 aromatic heterocycles. The van der Waals surface area contributed by atoms with E-state index in [-0.39, 0.29) is 6.61 Å². The highest BCUT2D eigenvalue weighted by atomic mass is 32.1. The topological polar surface area (TPSA) is 29.5 Å². The van der Waals surface area contributed by atoms with Crippen LogP contribution in [-0.4, -0.2) is 11.7 Å². The van der Waals surface area contributed by atoms with E-state index in [1.54, 1.807) is 11.3 Å². The van der Waals surface area contributed by atoms with Gasteiger partial charge in [-0.2, -0.15) is 0 Å². The first-order valence-corrected chi connectivity index (χ1v) is 7.09. The van der Waals surface area contributed by atoms with Gasteiger partial charge in [0.15, 0.2) is 0 Å². The number of hydrogen-bond acceptors (Lipinski definition) is 3. The molecule has 0 amide bonds. The molecule has 1 heterocycles. The number of aliphatic hydroxyl groups is 1. The van der Waals surface area contributed by atoms with Crippen LogP contribution in [0.5, 0.6) is 5.75 Å². The fourth-order valence-electron chi connectivity index (χ4n) is 1.70. The molecular weight excluding hydrogens is 256 g/mol. The van der Waals surface area contributed by atoms with E-state index in [1.807, 2.05) is 23.6 Å². The lowest BCUT2D eigenvalue weighted by atomic mass is 10.2. The Morgan fingerprint density at radius 1 is 1.32 bits per heavy atom. The lowest BCUT2D eigenvalue weighted by molar-refractivity contribution is 0.309. The Morgan fingerprint density at radius 3 is 3.00 bits per heavy atom. The normalized spacial score (nSPS) is 9.79. The summed E-state index contributed by atoms with van der Waals surface area (Å²) >= 11 is 1.62. The third kappa shape index (κ3) is 3.85. The van der Waals surface area contributed by atoms with Crippen molar-refractivity contribution in [1.29, 1.82) is 0 Å². The van der Waals surface area contributed by atoms with E-state index in [0.29, 0.717) is 6.61 Å². The van der Waals surface area contributed by atoms with Crippen molar-refractivity contribution in [2.24, 2.45) is 0 Å². The van der Waals surface area contributed by atoms with Crippen LogP contribution >= 0.6 is 11.3 Å². The Bertz CT molecular complexity index is 590. The van der Waals surface area contributed by atoms with Crippen molar-refractivity contribution in [2.75, 3.05) is 6.61 Å². The van der Waals surface area contributed by atoms with Gasteiger partial charge in [0, 0.05) is 5.56 Å². The van der Waals surface area contributed by atoms with Crippen LogP contribution in [0.1, 0.15) is 22.9 Å². The molecule has 2 aromatic rings. The Labute approximate surface area is 117 Å². The Balaban J connectivity index is 2.04. The summed E-state index contributed by atoms with van der Waals surface area (Å²) < 4.78 is 5.79. The van der Waals surface area contributed by atoms with Crippen molar-refractivity contribution in [3.63, 3.8) is 0 Å². The average molecular weight is 272 g/mol. The van der Waals surface area contributed by atoms with E-state index in [0.717, 1.165) is 22.6 Å². The Kier molecular flexibility index (Phi) is 5.02. The molecule has 2 nitrogen and oxygen atoms in total.